The van der Waals surface area contributed by atoms with E-state index in [2.05, 4.69) is 4.99 Å². The first-order valence-corrected chi connectivity index (χ1v) is 7.94. The molecule has 0 fully saturated rings. The molecule has 1 aromatic rings. The number of carbonyl (C=O) groups excluding carboxylic acids is 2. The summed E-state index contributed by atoms with van der Waals surface area (Å²) in [5.74, 6) is -2.49. The van der Waals surface area contributed by atoms with Gasteiger partial charge in [-0.3, -0.25) is 9.79 Å². The number of carbonyl (C=O) groups is 2. The zero-order valence-corrected chi connectivity index (χ0v) is 15.2. The quantitative estimate of drug-likeness (QED) is 0.760. The Labute approximate surface area is 150 Å². The number of methoxy groups -OCH3 is 2. The van der Waals surface area contributed by atoms with E-state index in [0.717, 1.165) is 0 Å². The number of benzene rings is 1. The fourth-order valence-corrected chi connectivity index (χ4v) is 3.46. The zero-order valence-electron chi connectivity index (χ0n) is 13.7. The maximum atomic E-state index is 12.4. The Bertz CT molecular complexity index is 755. The molecule has 0 N–H and O–H groups in total. The highest BCUT2D eigenvalue weighted by Crippen LogP contribution is 2.42. The second kappa shape index (κ2) is 7.36. The largest absolute Gasteiger partial charge is 0.468 e. The minimum Gasteiger partial charge on any atom is -0.468 e. The van der Waals surface area contributed by atoms with Crippen LogP contribution < -0.4 is 0 Å². The minimum absolute atomic E-state index is 0.280. The molecule has 1 unspecified atom stereocenters. The van der Waals surface area contributed by atoms with Crippen LogP contribution in [0.25, 0.3) is 0 Å². The van der Waals surface area contributed by atoms with Gasteiger partial charge in [-0.2, -0.15) is 0 Å². The van der Waals surface area contributed by atoms with Gasteiger partial charge in [0.1, 0.15) is 5.92 Å². The van der Waals surface area contributed by atoms with Crippen molar-refractivity contribution in [2.24, 2.45) is 10.9 Å². The van der Waals surface area contributed by atoms with Gasteiger partial charge in [0.2, 0.25) is 0 Å². The van der Waals surface area contributed by atoms with E-state index >= 15 is 0 Å². The fraction of sp³-hybridized carbons (Fsp3) is 0.353. The minimum atomic E-state index is -0.772. The fourth-order valence-electron chi connectivity index (χ4n) is 2.93. The van der Waals surface area contributed by atoms with E-state index in [1.807, 2.05) is 0 Å². The van der Waals surface area contributed by atoms with Crippen LogP contribution in [-0.4, -0.2) is 31.9 Å². The van der Waals surface area contributed by atoms with Crippen LogP contribution in [0.2, 0.25) is 10.0 Å². The molecule has 24 heavy (non-hydrogen) atoms. The number of ether oxygens (including phenoxy) is 2. The first-order chi connectivity index (χ1) is 11.3. The normalized spacial score (nSPS) is 20.5. The second-order valence-electron chi connectivity index (χ2n) is 5.39. The summed E-state index contributed by atoms with van der Waals surface area (Å²) in [5.41, 5.74) is 1.90. The van der Waals surface area contributed by atoms with Crippen molar-refractivity contribution in [3.05, 3.63) is 45.1 Å². The van der Waals surface area contributed by atoms with Gasteiger partial charge in [0, 0.05) is 27.4 Å². The van der Waals surface area contributed by atoms with E-state index in [-0.39, 0.29) is 5.57 Å². The van der Waals surface area contributed by atoms with Gasteiger partial charge in [-0.15, -0.1) is 0 Å². The first-order valence-electron chi connectivity index (χ1n) is 7.18. The van der Waals surface area contributed by atoms with Crippen LogP contribution in [0.1, 0.15) is 25.3 Å². The number of hydrogen-bond acceptors (Lipinski definition) is 5. The molecule has 0 spiro atoms. The molecule has 0 amide bonds. The van der Waals surface area contributed by atoms with E-state index in [9.17, 15) is 9.59 Å². The monoisotopic (exact) mass is 369 g/mol. The lowest BCUT2D eigenvalue weighted by atomic mass is 9.75. The standard InChI is InChI=1S/C17H17Cl2NO4/c1-8-13(16(21)23-3)15(11-6-5-10(18)7-12(11)19)14(9(2)20-8)17(22)24-4/h5-7,13,15H,1-4H3/t13?,15-/m1/s1. The predicted octanol–water partition coefficient (Wildman–Crippen LogP) is 3.79. The van der Waals surface area contributed by atoms with Crippen molar-refractivity contribution in [3.8, 4) is 0 Å². The molecule has 0 bridgehead atoms. The van der Waals surface area contributed by atoms with Crippen molar-refractivity contribution in [1.29, 1.82) is 0 Å². The molecule has 0 aromatic heterocycles. The molecule has 5 nitrogen and oxygen atoms in total. The van der Waals surface area contributed by atoms with Crippen LogP contribution in [0.4, 0.5) is 0 Å². The maximum absolute atomic E-state index is 12.4. The average molecular weight is 370 g/mol. The molecule has 0 saturated heterocycles. The zero-order chi connectivity index (χ0) is 18.0. The molecule has 1 aromatic carbocycles. The third kappa shape index (κ3) is 3.32. The molecule has 7 heteroatoms. The van der Waals surface area contributed by atoms with Crippen molar-refractivity contribution >= 4 is 40.9 Å². The molecule has 1 aliphatic rings. The third-order valence-electron chi connectivity index (χ3n) is 3.99. The van der Waals surface area contributed by atoms with Gasteiger partial charge in [0.25, 0.3) is 0 Å². The predicted molar refractivity (Wildman–Crippen MR) is 92.5 cm³/mol. The summed E-state index contributed by atoms with van der Waals surface area (Å²) in [6.07, 6.45) is 0. The molecule has 0 saturated carbocycles. The number of rotatable bonds is 3. The van der Waals surface area contributed by atoms with Crippen molar-refractivity contribution in [2.75, 3.05) is 14.2 Å². The molecule has 0 aliphatic carbocycles. The van der Waals surface area contributed by atoms with Crippen molar-refractivity contribution in [1.82, 2.24) is 0 Å². The lowest BCUT2D eigenvalue weighted by Gasteiger charge is -2.31. The Kier molecular flexibility index (Phi) is 5.67. The Morgan fingerprint density at radius 1 is 1.12 bits per heavy atom. The molecule has 1 aliphatic heterocycles. The summed E-state index contributed by atoms with van der Waals surface area (Å²) in [6.45, 7) is 3.41. The van der Waals surface area contributed by atoms with Gasteiger partial charge in [-0.25, -0.2) is 4.79 Å². The average Bonchev–Trinajstić information content (AvgIpc) is 2.53. The molecule has 2 rings (SSSR count). The maximum Gasteiger partial charge on any atom is 0.336 e. The Balaban J connectivity index is 2.72. The second-order valence-corrected chi connectivity index (χ2v) is 6.23. The van der Waals surface area contributed by atoms with Gasteiger partial charge < -0.3 is 9.47 Å². The Hall–Kier alpha value is -1.85. The third-order valence-corrected chi connectivity index (χ3v) is 4.55. The number of nitrogens with zero attached hydrogens (tertiary/aromatic N) is 1. The number of halogens is 2. The van der Waals surface area contributed by atoms with Crippen LogP contribution in [0.15, 0.2) is 34.5 Å². The summed E-state index contributed by atoms with van der Waals surface area (Å²) in [6, 6.07) is 4.92. The van der Waals surface area contributed by atoms with Crippen molar-refractivity contribution in [3.63, 3.8) is 0 Å². The summed E-state index contributed by atoms with van der Waals surface area (Å²) in [5, 5.41) is 0.810. The van der Waals surface area contributed by atoms with E-state index in [1.54, 1.807) is 32.0 Å². The Morgan fingerprint density at radius 3 is 2.33 bits per heavy atom. The lowest BCUT2D eigenvalue weighted by Crippen LogP contribution is -2.36. The van der Waals surface area contributed by atoms with Crippen molar-refractivity contribution in [2.45, 2.75) is 19.8 Å². The summed E-state index contributed by atoms with van der Waals surface area (Å²) >= 11 is 12.3. The molecule has 0 radical (unpaired) electrons. The summed E-state index contributed by atoms with van der Waals surface area (Å²) in [4.78, 5) is 29.0. The summed E-state index contributed by atoms with van der Waals surface area (Å²) in [7, 11) is 2.57. The molecule has 128 valence electrons. The van der Waals surface area contributed by atoms with Crippen LogP contribution in [0.3, 0.4) is 0 Å². The van der Waals surface area contributed by atoms with Crippen LogP contribution in [0, 0.1) is 5.92 Å². The highest BCUT2D eigenvalue weighted by atomic mass is 35.5. The van der Waals surface area contributed by atoms with Gasteiger partial charge in [-0.05, 0) is 31.5 Å². The SMILES string of the molecule is COC(=O)C1=C(C)N=C(C)C(C(=O)OC)[C@H]1c1ccc(Cl)cc1Cl. The Morgan fingerprint density at radius 2 is 1.79 bits per heavy atom. The summed E-state index contributed by atoms with van der Waals surface area (Å²) < 4.78 is 9.79. The van der Waals surface area contributed by atoms with E-state index < -0.39 is 23.8 Å². The molecule has 2 atom stereocenters. The van der Waals surface area contributed by atoms with E-state index in [0.29, 0.717) is 27.0 Å². The number of hydrogen-bond donors (Lipinski definition) is 0. The van der Waals surface area contributed by atoms with Crippen LogP contribution in [0.5, 0.6) is 0 Å². The van der Waals surface area contributed by atoms with E-state index in [4.69, 9.17) is 32.7 Å². The number of allylic oxidation sites excluding steroid dienone is 1. The van der Waals surface area contributed by atoms with E-state index in [1.165, 1.54) is 14.2 Å². The van der Waals surface area contributed by atoms with Crippen molar-refractivity contribution < 1.29 is 19.1 Å². The molecule has 1 heterocycles. The highest BCUT2D eigenvalue weighted by Gasteiger charge is 2.42. The van der Waals surface area contributed by atoms with Crippen LogP contribution in [-0.2, 0) is 19.1 Å². The topological polar surface area (TPSA) is 65.0 Å². The van der Waals surface area contributed by atoms with Crippen LogP contribution >= 0.6 is 23.2 Å². The molecular weight excluding hydrogens is 353 g/mol. The number of esters is 2. The van der Waals surface area contributed by atoms with Gasteiger partial charge in [-0.1, -0.05) is 29.3 Å². The molecular formula is C17H17Cl2NO4. The lowest BCUT2D eigenvalue weighted by molar-refractivity contribution is -0.143. The first kappa shape index (κ1) is 18.5. The smallest absolute Gasteiger partial charge is 0.336 e. The van der Waals surface area contributed by atoms with Gasteiger partial charge in [0.05, 0.1) is 19.8 Å². The van der Waals surface area contributed by atoms with Gasteiger partial charge in [0.15, 0.2) is 0 Å². The van der Waals surface area contributed by atoms with Gasteiger partial charge >= 0.3 is 11.9 Å². The highest BCUT2D eigenvalue weighted by molar-refractivity contribution is 6.35. The number of aliphatic imine (C=N–C) groups is 1.